The number of nitrogen functional groups attached to an aromatic ring is 1. The number of hydrogen-bond acceptors (Lipinski definition) is 7. The predicted molar refractivity (Wildman–Crippen MR) is 122 cm³/mol. The lowest BCUT2D eigenvalue weighted by Gasteiger charge is -2.23. The Kier molecular flexibility index (Phi) is 4.99. The number of nitrogens with one attached hydrogen (secondary N) is 1. The van der Waals surface area contributed by atoms with Gasteiger partial charge in [-0.2, -0.15) is 5.10 Å². The van der Waals surface area contributed by atoms with Crippen LogP contribution in [0.1, 0.15) is 36.7 Å². The van der Waals surface area contributed by atoms with Crippen molar-refractivity contribution in [2.24, 2.45) is 7.05 Å². The Morgan fingerprint density at radius 3 is 2.67 bits per heavy atom. The van der Waals surface area contributed by atoms with Crippen molar-refractivity contribution in [3.8, 4) is 11.5 Å². The Hall–Kier alpha value is -3.95. The van der Waals surface area contributed by atoms with Gasteiger partial charge in [0, 0.05) is 13.5 Å². The van der Waals surface area contributed by atoms with Crippen molar-refractivity contribution in [1.82, 2.24) is 29.7 Å². The molecule has 4 aromatic rings. The van der Waals surface area contributed by atoms with Gasteiger partial charge in [-0.15, -0.1) is 0 Å². The second kappa shape index (κ2) is 7.88. The highest BCUT2D eigenvalue weighted by Crippen LogP contribution is 2.45. The van der Waals surface area contributed by atoms with Gasteiger partial charge >= 0.3 is 0 Å². The summed E-state index contributed by atoms with van der Waals surface area (Å²) in [5.74, 6) is 1.17. The summed E-state index contributed by atoms with van der Waals surface area (Å²) in [4.78, 5) is 31.5. The van der Waals surface area contributed by atoms with Crippen LogP contribution in [0.3, 0.4) is 0 Å². The molecule has 0 fully saturated rings. The van der Waals surface area contributed by atoms with Crippen LogP contribution < -0.4 is 11.1 Å². The number of nitrogens with zero attached hydrogens (tertiary/aromatic N) is 6. The van der Waals surface area contributed by atoms with Gasteiger partial charge in [-0.3, -0.25) is 13.9 Å². The van der Waals surface area contributed by atoms with Crippen LogP contribution in [0.2, 0.25) is 0 Å². The van der Waals surface area contributed by atoms with E-state index in [1.807, 2.05) is 37.3 Å². The molecule has 1 aliphatic rings. The molecule has 3 aromatic heterocycles. The Balaban J connectivity index is 1.65. The van der Waals surface area contributed by atoms with E-state index in [4.69, 9.17) is 5.73 Å². The number of hydrogen-bond donors (Lipinski definition) is 2. The standard InChI is InChI=1S/C23H23FN8O/c1-23(13-8-4-3-5-9-13)16-18(25)29-20(30-19(16)31-22(23)33)17-14-12-26-32(2)21(14)28-15(27-17)10-6-7-11-24/h3-5,8-9,12H,6-7,10-11H2,1-2H3,(H3,25,29,30,31,33). The Morgan fingerprint density at radius 1 is 1.12 bits per heavy atom. The van der Waals surface area contributed by atoms with Crippen molar-refractivity contribution in [1.29, 1.82) is 0 Å². The van der Waals surface area contributed by atoms with E-state index >= 15 is 0 Å². The molecule has 4 heterocycles. The van der Waals surface area contributed by atoms with E-state index in [1.54, 1.807) is 17.9 Å². The van der Waals surface area contributed by atoms with Gasteiger partial charge in [0.05, 0.1) is 23.8 Å². The minimum absolute atomic E-state index is 0.203. The van der Waals surface area contributed by atoms with Crippen molar-refractivity contribution in [3.63, 3.8) is 0 Å². The van der Waals surface area contributed by atoms with E-state index < -0.39 is 5.41 Å². The number of amides is 1. The minimum Gasteiger partial charge on any atom is -0.383 e. The van der Waals surface area contributed by atoms with Crippen molar-refractivity contribution in [3.05, 3.63) is 53.5 Å². The molecule has 0 saturated heterocycles. The van der Waals surface area contributed by atoms with Gasteiger partial charge in [0.2, 0.25) is 5.91 Å². The van der Waals surface area contributed by atoms with E-state index in [9.17, 15) is 9.18 Å². The number of unbranched alkanes of at least 4 members (excludes halogenated alkanes) is 1. The third-order valence-electron chi connectivity index (χ3n) is 6.11. The molecular formula is C23H23FN8O. The quantitative estimate of drug-likeness (QED) is 0.436. The van der Waals surface area contributed by atoms with Gasteiger partial charge in [-0.1, -0.05) is 30.3 Å². The van der Waals surface area contributed by atoms with Gasteiger partial charge in [0.1, 0.15) is 28.6 Å². The van der Waals surface area contributed by atoms with Crippen LogP contribution >= 0.6 is 0 Å². The summed E-state index contributed by atoms with van der Waals surface area (Å²) >= 11 is 0. The van der Waals surface area contributed by atoms with Crippen molar-refractivity contribution < 1.29 is 9.18 Å². The molecule has 3 N–H and O–H groups in total. The highest BCUT2D eigenvalue weighted by atomic mass is 19.1. The first-order valence-corrected chi connectivity index (χ1v) is 10.7. The monoisotopic (exact) mass is 446 g/mol. The lowest BCUT2D eigenvalue weighted by atomic mass is 9.78. The molecule has 33 heavy (non-hydrogen) atoms. The molecule has 168 valence electrons. The molecule has 0 aliphatic carbocycles. The molecule has 1 aromatic carbocycles. The number of carbonyl (C=O) groups excluding carboxylic acids is 1. The fourth-order valence-electron chi connectivity index (χ4n) is 4.29. The van der Waals surface area contributed by atoms with Gasteiger partial charge in [0.25, 0.3) is 0 Å². The molecule has 1 atom stereocenters. The maximum absolute atomic E-state index is 13.1. The summed E-state index contributed by atoms with van der Waals surface area (Å²) in [5.41, 5.74) is 7.85. The Labute approximate surface area is 189 Å². The van der Waals surface area contributed by atoms with Crippen LogP contribution in [0.4, 0.5) is 16.0 Å². The molecule has 0 radical (unpaired) electrons. The minimum atomic E-state index is -1.01. The third-order valence-corrected chi connectivity index (χ3v) is 6.11. The lowest BCUT2D eigenvalue weighted by molar-refractivity contribution is -0.119. The van der Waals surface area contributed by atoms with Crippen molar-refractivity contribution in [2.45, 2.75) is 31.6 Å². The molecule has 1 amide bonds. The van der Waals surface area contributed by atoms with Gasteiger partial charge < -0.3 is 11.1 Å². The number of fused-ring (bicyclic) bond motifs is 2. The fourth-order valence-corrected chi connectivity index (χ4v) is 4.29. The average Bonchev–Trinajstić information content (AvgIpc) is 3.31. The highest BCUT2D eigenvalue weighted by molar-refractivity contribution is 6.09. The van der Waals surface area contributed by atoms with Crippen LogP contribution in [0.5, 0.6) is 0 Å². The Morgan fingerprint density at radius 2 is 1.91 bits per heavy atom. The van der Waals surface area contributed by atoms with Gasteiger partial charge in [-0.25, -0.2) is 19.9 Å². The number of halogens is 1. The van der Waals surface area contributed by atoms with Crippen LogP contribution in [-0.4, -0.2) is 42.3 Å². The van der Waals surface area contributed by atoms with E-state index in [0.717, 1.165) is 5.56 Å². The van der Waals surface area contributed by atoms with Crippen LogP contribution in [0.25, 0.3) is 22.6 Å². The molecule has 9 nitrogen and oxygen atoms in total. The lowest BCUT2D eigenvalue weighted by Crippen LogP contribution is -2.32. The highest BCUT2D eigenvalue weighted by Gasteiger charge is 2.47. The molecule has 0 saturated carbocycles. The van der Waals surface area contributed by atoms with Crippen LogP contribution in [0.15, 0.2) is 36.5 Å². The maximum atomic E-state index is 13.1. The fraction of sp³-hybridized carbons (Fsp3) is 0.304. The molecule has 5 rings (SSSR count). The molecule has 0 spiro atoms. The normalized spacial score (nSPS) is 17.4. The van der Waals surface area contributed by atoms with Crippen LogP contribution in [0, 0.1) is 0 Å². The van der Waals surface area contributed by atoms with Gasteiger partial charge in [-0.05, 0) is 25.3 Å². The first-order chi connectivity index (χ1) is 15.9. The van der Waals surface area contributed by atoms with Crippen molar-refractivity contribution >= 4 is 28.6 Å². The first kappa shape index (κ1) is 20.9. The number of carbonyl (C=O) groups is 1. The zero-order chi connectivity index (χ0) is 23.2. The van der Waals surface area contributed by atoms with Gasteiger partial charge in [0.15, 0.2) is 11.5 Å². The molecule has 10 heteroatoms. The average molecular weight is 446 g/mol. The summed E-state index contributed by atoms with van der Waals surface area (Å²) in [5, 5.41) is 7.83. The summed E-state index contributed by atoms with van der Waals surface area (Å²) < 4.78 is 14.2. The number of benzene rings is 1. The zero-order valence-corrected chi connectivity index (χ0v) is 18.3. The summed E-state index contributed by atoms with van der Waals surface area (Å²) in [7, 11) is 1.79. The number of aryl methyl sites for hydroxylation is 2. The van der Waals surface area contributed by atoms with E-state index in [2.05, 4.69) is 30.4 Å². The number of nitrogens with two attached hydrogens (primary N) is 1. The second-order valence-corrected chi connectivity index (χ2v) is 8.24. The first-order valence-electron chi connectivity index (χ1n) is 10.7. The smallest absolute Gasteiger partial charge is 0.240 e. The SMILES string of the molecule is Cn1ncc2c(-c3nc(N)c4c(n3)NC(=O)C4(C)c3ccccc3)nc(CCCCF)nc21. The summed E-state index contributed by atoms with van der Waals surface area (Å²) in [6.45, 7) is 1.43. The number of alkyl halides is 1. The molecular weight excluding hydrogens is 423 g/mol. The van der Waals surface area contributed by atoms with E-state index in [0.29, 0.717) is 53.2 Å². The summed E-state index contributed by atoms with van der Waals surface area (Å²) in [6, 6.07) is 9.41. The van der Waals surface area contributed by atoms with Crippen LogP contribution in [-0.2, 0) is 23.7 Å². The summed E-state index contributed by atoms with van der Waals surface area (Å²) in [6.07, 6.45) is 3.23. The predicted octanol–water partition coefficient (Wildman–Crippen LogP) is 2.95. The molecule has 1 unspecified atom stereocenters. The molecule has 1 aliphatic heterocycles. The zero-order valence-electron chi connectivity index (χ0n) is 18.3. The number of anilines is 2. The third kappa shape index (κ3) is 3.29. The Bertz CT molecular complexity index is 1370. The number of rotatable bonds is 6. The topological polar surface area (TPSA) is 124 Å². The van der Waals surface area contributed by atoms with Crippen molar-refractivity contribution in [2.75, 3.05) is 17.7 Å². The van der Waals surface area contributed by atoms with E-state index in [1.165, 1.54) is 0 Å². The molecule has 0 bridgehead atoms. The number of aromatic nitrogens is 6. The second-order valence-electron chi connectivity index (χ2n) is 8.24. The van der Waals surface area contributed by atoms with E-state index in [-0.39, 0.29) is 24.2 Å². The maximum Gasteiger partial charge on any atom is 0.240 e. The largest absolute Gasteiger partial charge is 0.383 e.